The minimum atomic E-state index is -1.25. The summed E-state index contributed by atoms with van der Waals surface area (Å²) >= 11 is 6.00. The first kappa shape index (κ1) is 19.7. The van der Waals surface area contributed by atoms with Crippen molar-refractivity contribution in [3.8, 4) is 6.07 Å². The normalized spacial score (nSPS) is 13.1. The predicted molar refractivity (Wildman–Crippen MR) is 115 cm³/mol. The van der Waals surface area contributed by atoms with Gasteiger partial charge in [0.15, 0.2) is 5.69 Å². The number of nitrogens with zero attached hydrogens (tertiary/aromatic N) is 3. The molecule has 8 nitrogen and oxygen atoms in total. The lowest BCUT2D eigenvalue weighted by molar-refractivity contribution is 0.0690. The number of aryl methyl sites for hydroxylation is 1. The van der Waals surface area contributed by atoms with Crippen molar-refractivity contribution in [1.82, 2.24) is 9.55 Å². The Balaban J connectivity index is 1.78. The van der Waals surface area contributed by atoms with Gasteiger partial charge < -0.3 is 20.3 Å². The molecule has 1 fully saturated rings. The molecule has 0 unspecified atom stereocenters. The Morgan fingerprint density at radius 2 is 2.10 bits per heavy atom. The van der Waals surface area contributed by atoms with Gasteiger partial charge in [0.2, 0.25) is 0 Å². The van der Waals surface area contributed by atoms with Gasteiger partial charge in [-0.3, -0.25) is 4.79 Å². The molecule has 1 saturated carbocycles. The molecule has 0 bridgehead atoms. The van der Waals surface area contributed by atoms with Crippen molar-refractivity contribution in [2.24, 2.45) is 13.0 Å². The highest BCUT2D eigenvalue weighted by atomic mass is 35.5. The van der Waals surface area contributed by atoms with Crippen LogP contribution in [0, 0.1) is 17.2 Å². The van der Waals surface area contributed by atoms with Gasteiger partial charge in [0, 0.05) is 36.4 Å². The van der Waals surface area contributed by atoms with Crippen molar-refractivity contribution in [2.75, 3.05) is 17.2 Å². The number of rotatable bonds is 6. The van der Waals surface area contributed by atoms with Crippen LogP contribution in [0.25, 0.3) is 10.9 Å². The number of nitriles is 1. The first-order chi connectivity index (χ1) is 14.4. The van der Waals surface area contributed by atoms with E-state index >= 15 is 0 Å². The Morgan fingerprint density at radius 1 is 1.33 bits per heavy atom. The first-order valence-corrected chi connectivity index (χ1v) is 9.74. The number of hydrogen-bond donors (Lipinski definition) is 3. The van der Waals surface area contributed by atoms with E-state index in [0.29, 0.717) is 11.6 Å². The molecule has 0 saturated heterocycles. The van der Waals surface area contributed by atoms with Gasteiger partial charge >= 0.3 is 5.97 Å². The van der Waals surface area contributed by atoms with Crippen molar-refractivity contribution in [3.05, 3.63) is 57.1 Å². The fraction of sp³-hybridized carbons (Fsp3) is 0.238. The third-order valence-corrected chi connectivity index (χ3v) is 5.38. The van der Waals surface area contributed by atoms with Gasteiger partial charge in [-0.2, -0.15) is 5.26 Å². The average molecular weight is 424 g/mol. The number of fused-ring (bicyclic) bond motifs is 1. The van der Waals surface area contributed by atoms with Crippen molar-refractivity contribution in [3.63, 3.8) is 0 Å². The Morgan fingerprint density at radius 3 is 2.77 bits per heavy atom. The number of aromatic carboxylic acids is 1. The van der Waals surface area contributed by atoms with E-state index in [4.69, 9.17) is 11.6 Å². The van der Waals surface area contributed by atoms with E-state index in [1.807, 2.05) is 12.1 Å². The summed E-state index contributed by atoms with van der Waals surface area (Å²) in [6, 6.07) is 10.2. The monoisotopic (exact) mass is 423 g/mol. The highest BCUT2D eigenvalue weighted by molar-refractivity contribution is 6.31. The molecule has 3 aromatic rings. The summed E-state index contributed by atoms with van der Waals surface area (Å²) in [6.45, 7) is 0.806. The molecule has 152 valence electrons. The second-order valence-electron chi connectivity index (χ2n) is 7.27. The molecular weight excluding hydrogens is 406 g/mol. The Kier molecular flexibility index (Phi) is 5.06. The predicted octanol–water partition coefficient (Wildman–Crippen LogP) is 3.72. The third kappa shape index (κ3) is 3.80. The topological polar surface area (TPSA) is 120 Å². The number of pyridine rings is 2. The zero-order valence-corrected chi connectivity index (χ0v) is 16.8. The van der Waals surface area contributed by atoms with Crippen LogP contribution in [-0.4, -0.2) is 27.2 Å². The molecule has 0 aliphatic heterocycles. The summed E-state index contributed by atoms with van der Waals surface area (Å²) in [7, 11) is 1.71. The van der Waals surface area contributed by atoms with E-state index < -0.39 is 5.97 Å². The highest BCUT2D eigenvalue weighted by Gasteiger charge is 2.21. The van der Waals surface area contributed by atoms with Crippen LogP contribution in [0.2, 0.25) is 5.15 Å². The SMILES string of the molecule is Cn1c(=O)cc(NCC2CC2)c2cc(Nc3cc(C(=O)O)nc(Cl)c3C#N)ccc21. The number of hydrogen-bond acceptors (Lipinski definition) is 6. The molecule has 30 heavy (non-hydrogen) atoms. The summed E-state index contributed by atoms with van der Waals surface area (Å²) in [5.41, 5.74) is 2.03. The maximum absolute atomic E-state index is 12.3. The van der Waals surface area contributed by atoms with Crippen LogP contribution in [0.3, 0.4) is 0 Å². The van der Waals surface area contributed by atoms with E-state index in [0.717, 1.165) is 23.1 Å². The van der Waals surface area contributed by atoms with E-state index in [-0.39, 0.29) is 27.7 Å². The van der Waals surface area contributed by atoms with Gasteiger partial charge in [0.05, 0.1) is 11.2 Å². The molecule has 0 atom stereocenters. The largest absolute Gasteiger partial charge is 0.477 e. The van der Waals surface area contributed by atoms with Gasteiger partial charge in [-0.15, -0.1) is 0 Å². The Hall–Kier alpha value is -3.57. The molecule has 1 aliphatic rings. The molecule has 0 spiro atoms. The fourth-order valence-electron chi connectivity index (χ4n) is 3.25. The number of nitrogens with one attached hydrogen (secondary N) is 2. The number of carboxylic acid groups (broad SMARTS) is 1. The molecule has 0 amide bonds. The maximum Gasteiger partial charge on any atom is 0.354 e. The molecule has 9 heteroatoms. The molecule has 3 N–H and O–H groups in total. The van der Waals surface area contributed by atoms with E-state index in [1.165, 1.54) is 18.9 Å². The Labute approximate surface area is 176 Å². The number of benzene rings is 1. The lowest BCUT2D eigenvalue weighted by Gasteiger charge is -2.15. The minimum Gasteiger partial charge on any atom is -0.477 e. The van der Waals surface area contributed by atoms with E-state index in [1.54, 1.807) is 29.8 Å². The minimum absolute atomic E-state index is 0.0503. The summed E-state index contributed by atoms with van der Waals surface area (Å²) in [4.78, 5) is 27.3. The summed E-state index contributed by atoms with van der Waals surface area (Å²) in [6.07, 6.45) is 2.38. The fourth-order valence-corrected chi connectivity index (χ4v) is 3.48. The third-order valence-electron chi connectivity index (χ3n) is 5.11. The zero-order chi connectivity index (χ0) is 21.4. The zero-order valence-electron chi connectivity index (χ0n) is 16.1. The summed E-state index contributed by atoms with van der Waals surface area (Å²) < 4.78 is 1.56. The van der Waals surface area contributed by atoms with Crippen molar-refractivity contribution in [2.45, 2.75) is 12.8 Å². The maximum atomic E-state index is 12.3. The van der Waals surface area contributed by atoms with Gasteiger partial charge in [0.1, 0.15) is 16.8 Å². The van der Waals surface area contributed by atoms with E-state index in [9.17, 15) is 20.0 Å². The van der Waals surface area contributed by atoms with Crippen LogP contribution in [0.15, 0.2) is 35.1 Å². The average Bonchev–Trinajstić information content (AvgIpc) is 3.54. The first-order valence-electron chi connectivity index (χ1n) is 9.36. The second kappa shape index (κ2) is 7.69. The van der Waals surface area contributed by atoms with Crippen molar-refractivity contribution in [1.29, 1.82) is 5.26 Å². The smallest absolute Gasteiger partial charge is 0.354 e. The quantitative estimate of drug-likeness (QED) is 0.516. The standard InChI is InChI=1S/C21H18ClN5O3/c1-27-18-5-4-12(6-13(18)15(8-19(27)28)24-10-11-2-3-11)25-16-7-17(21(29)30)26-20(22)14(16)9-23/h4-8,11,24H,2-3,10H2,1H3,(H,25,26)(H,29,30). The van der Waals surface area contributed by atoms with Gasteiger partial charge in [-0.25, -0.2) is 9.78 Å². The van der Waals surface area contributed by atoms with Crippen LogP contribution in [0.4, 0.5) is 17.1 Å². The lowest BCUT2D eigenvalue weighted by atomic mass is 10.1. The van der Waals surface area contributed by atoms with Crippen molar-refractivity contribution >= 4 is 45.5 Å². The van der Waals surface area contributed by atoms with E-state index in [2.05, 4.69) is 15.6 Å². The molecular formula is C21H18ClN5O3. The highest BCUT2D eigenvalue weighted by Crippen LogP contribution is 2.32. The Bertz CT molecular complexity index is 1270. The summed E-state index contributed by atoms with van der Waals surface area (Å²) in [5.74, 6) is -0.610. The molecule has 4 rings (SSSR count). The number of aromatic nitrogens is 2. The van der Waals surface area contributed by atoms with Crippen molar-refractivity contribution < 1.29 is 9.90 Å². The van der Waals surface area contributed by atoms with Gasteiger partial charge in [-0.1, -0.05) is 11.6 Å². The lowest BCUT2D eigenvalue weighted by Crippen LogP contribution is -2.18. The van der Waals surface area contributed by atoms with Crippen LogP contribution in [-0.2, 0) is 7.05 Å². The molecule has 2 heterocycles. The number of halogens is 1. The van der Waals surface area contributed by atoms with Crippen LogP contribution >= 0.6 is 11.6 Å². The van der Waals surface area contributed by atoms with Crippen LogP contribution in [0.5, 0.6) is 0 Å². The van der Waals surface area contributed by atoms with Crippen LogP contribution < -0.4 is 16.2 Å². The van der Waals surface area contributed by atoms with Gasteiger partial charge in [0.25, 0.3) is 5.56 Å². The van der Waals surface area contributed by atoms with Gasteiger partial charge in [-0.05, 0) is 43.0 Å². The summed E-state index contributed by atoms with van der Waals surface area (Å²) in [5, 5.41) is 25.7. The number of anilines is 3. The molecule has 1 aliphatic carbocycles. The molecule has 2 aromatic heterocycles. The number of carboxylic acids is 1. The number of carbonyl (C=O) groups is 1. The second-order valence-corrected chi connectivity index (χ2v) is 7.63. The molecule has 0 radical (unpaired) electrons. The van der Waals surface area contributed by atoms with Crippen LogP contribution in [0.1, 0.15) is 28.9 Å². The molecule has 1 aromatic carbocycles.